The number of benzene rings is 1. The molecular weight excluding hydrogens is 400 g/mol. The van der Waals surface area contributed by atoms with E-state index in [-0.39, 0.29) is 23.6 Å². The van der Waals surface area contributed by atoms with Crippen LogP contribution in [-0.2, 0) is 11.3 Å². The largest absolute Gasteiger partial charge is 0.493 e. The van der Waals surface area contributed by atoms with Crippen molar-refractivity contribution in [3.05, 3.63) is 40.5 Å². The van der Waals surface area contributed by atoms with E-state index in [0.717, 1.165) is 12.0 Å². The molecule has 1 atom stereocenters. The Morgan fingerprint density at radius 1 is 1.21 bits per heavy atom. The monoisotopic (exact) mass is 422 g/mol. The SMILES string of the molecule is COc1cc(CNC(=O)c2cnc(OC3CCOC3)c(Cl)c2)cc(OC)c1OC. The molecular formula is C20H23ClN2O6. The van der Waals surface area contributed by atoms with Crippen molar-refractivity contribution in [2.75, 3.05) is 34.5 Å². The average Bonchev–Trinajstić information content (AvgIpc) is 3.25. The molecule has 1 N–H and O–H groups in total. The number of nitrogens with zero attached hydrogens (tertiary/aromatic N) is 1. The molecule has 29 heavy (non-hydrogen) atoms. The van der Waals surface area contributed by atoms with Crippen LogP contribution in [0.5, 0.6) is 23.1 Å². The highest BCUT2D eigenvalue weighted by molar-refractivity contribution is 6.32. The van der Waals surface area contributed by atoms with Gasteiger partial charge in [-0.2, -0.15) is 0 Å². The summed E-state index contributed by atoms with van der Waals surface area (Å²) in [4.78, 5) is 16.7. The first-order valence-corrected chi connectivity index (χ1v) is 9.40. The van der Waals surface area contributed by atoms with E-state index in [0.29, 0.717) is 41.9 Å². The quantitative estimate of drug-likeness (QED) is 0.699. The van der Waals surface area contributed by atoms with E-state index in [2.05, 4.69) is 10.3 Å². The number of methoxy groups -OCH3 is 3. The van der Waals surface area contributed by atoms with E-state index in [1.165, 1.54) is 33.6 Å². The van der Waals surface area contributed by atoms with Crippen LogP contribution in [0.3, 0.4) is 0 Å². The van der Waals surface area contributed by atoms with Crippen LogP contribution in [0, 0.1) is 0 Å². The standard InChI is InChI=1S/C20H23ClN2O6/c1-25-16-6-12(7-17(26-2)18(16)27-3)9-22-19(24)13-8-15(21)20(23-10-13)29-14-4-5-28-11-14/h6-8,10,14H,4-5,9,11H2,1-3H3,(H,22,24). The molecule has 2 aromatic rings. The van der Waals surface area contributed by atoms with Gasteiger partial charge in [0.2, 0.25) is 11.6 Å². The van der Waals surface area contributed by atoms with Crippen LogP contribution in [0.1, 0.15) is 22.3 Å². The number of halogens is 1. The molecule has 1 fully saturated rings. The second-order valence-electron chi connectivity index (χ2n) is 6.33. The zero-order chi connectivity index (χ0) is 20.8. The molecule has 8 nitrogen and oxygen atoms in total. The van der Waals surface area contributed by atoms with Crippen molar-refractivity contribution in [2.24, 2.45) is 0 Å². The van der Waals surface area contributed by atoms with Crippen LogP contribution >= 0.6 is 11.6 Å². The highest BCUT2D eigenvalue weighted by atomic mass is 35.5. The topological polar surface area (TPSA) is 88.1 Å². The Hall–Kier alpha value is -2.71. The van der Waals surface area contributed by atoms with Crippen molar-refractivity contribution in [3.63, 3.8) is 0 Å². The summed E-state index contributed by atoms with van der Waals surface area (Å²) in [5.41, 5.74) is 1.12. The minimum Gasteiger partial charge on any atom is -0.493 e. The molecule has 2 heterocycles. The maximum absolute atomic E-state index is 12.5. The van der Waals surface area contributed by atoms with Gasteiger partial charge in [-0.3, -0.25) is 4.79 Å². The molecule has 3 rings (SSSR count). The van der Waals surface area contributed by atoms with Gasteiger partial charge >= 0.3 is 0 Å². The van der Waals surface area contributed by atoms with Crippen LogP contribution in [0.4, 0.5) is 0 Å². The molecule has 1 aliphatic heterocycles. The van der Waals surface area contributed by atoms with Crippen molar-refractivity contribution in [1.82, 2.24) is 10.3 Å². The summed E-state index contributed by atoms with van der Waals surface area (Å²) in [6.45, 7) is 1.42. The van der Waals surface area contributed by atoms with Gasteiger partial charge in [-0.15, -0.1) is 0 Å². The maximum Gasteiger partial charge on any atom is 0.253 e. The van der Waals surface area contributed by atoms with Gasteiger partial charge in [0.1, 0.15) is 11.1 Å². The highest BCUT2D eigenvalue weighted by Crippen LogP contribution is 2.38. The van der Waals surface area contributed by atoms with Gasteiger partial charge in [-0.1, -0.05) is 11.6 Å². The number of amides is 1. The third-order valence-corrected chi connectivity index (χ3v) is 4.68. The van der Waals surface area contributed by atoms with Gasteiger partial charge in [0.05, 0.1) is 40.1 Å². The van der Waals surface area contributed by atoms with Gasteiger partial charge in [0.25, 0.3) is 5.91 Å². The van der Waals surface area contributed by atoms with Crippen molar-refractivity contribution < 1.29 is 28.5 Å². The van der Waals surface area contributed by atoms with E-state index in [4.69, 9.17) is 35.3 Å². The number of hydrogen-bond donors (Lipinski definition) is 1. The van der Waals surface area contributed by atoms with E-state index in [1.54, 1.807) is 12.1 Å². The van der Waals surface area contributed by atoms with Crippen molar-refractivity contribution in [3.8, 4) is 23.1 Å². The van der Waals surface area contributed by atoms with Crippen molar-refractivity contribution in [2.45, 2.75) is 19.1 Å². The van der Waals surface area contributed by atoms with Crippen molar-refractivity contribution in [1.29, 1.82) is 0 Å². The average molecular weight is 423 g/mol. The van der Waals surface area contributed by atoms with E-state index in [1.807, 2.05) is 0 Å². The summed E-state index contributed by atoms with van der Waals surface area (Å²) < 4.78 is 26.9. The molecule has 0 aliphatic carbocycles. The Kier molecular flexibility index (Phi) is 7.00. The van der Waals surface area contributed by atoms with Gasteiger partial charge < -0.3 is 29.0 Å². The summed E-state index contributed by atoms with van der Waals surface area (Å²) in [6.07, 6.45) is 2.15. The first kappa shape index (κ1) is 21.0. The van der Waals surface area contributed by atoms with Gasteiger partial charge in [-0.05, 0) is 23.8 Å². The van der Waals surface area contributed by atoms with Gasteiger partial charge in [0, 0.05) is 19.2 Å². The summed E-state index contributed by atoms with van der Waals surface area (Å²) in [5, 5.41) is 3.10. The number of rotatable bonds is 8. The van der Waals surface area contributed by atoms with Crippen LogP contribution in [-0.4, -0.2) is 51.5 Å². The Morgan fingerprint density at radius 3 is 2.48 bits per heavy atom. The van der Waals surface area contributed by atoms with Gasteiger partial charge in [0.15, 0.2) is 11.5 Å². The second-order valence-corrected chi connectivity index (χ2v) is 6.74. The maximum atomic E-state index is 12.5. The van der Waals surface area contributed by atoms with Crippen LogP contribution in [0.15, 0.2) is 24.4 Å². The Labute approximate surface area is 174 Å². The lowest BCUT2D eigenvalue weighted by Crippen LogP contribution is -2.23. The number of aromatic nitrogens is 1. The fourth-order valence-electron chi connectivity index (χ4n) is 2.92. The van der Waals surface area contributed by atoms with Crippen LogP contribution in [0.2, 0.25) is 5.02 Å². The van der Waals surface area contributed by atoms with Gasteiger partial charge in [-0.25, -0.2) is 4.98 Å². The normalized spacial score (nSPS) is 15.7. The first-order chi connectivity index (χ1) is 14.0. The Morgan fingerprint density at radius 2 is 1.93 bits per heavy atom. The molecule has 156 valence electrons. The van der Waals surface area contributed by atoms with Crippen LogP contribution < -0.4 is 24.3 Å². The summed E-state index contributed by atoms with van der Waals surface area (Å²) >= 11 is 6.23. The summed E-state index contributed by atoms with van der Waals surface area (Å²) in [5.74, 6) is 1.49. The molecule has 9 heteroatoms. The molecule has 1 aromatic heterocycles. The zero-order valence-corrected chi connectivity index (χ0v) is 17.2. The second kappa shape index (κ2) is 9.67. The number of nitrogens with one attached hydrogen (secondary N) is 1. The van der Waals surface area contributed by atoms with Crippen LogP contribution in [0.25, 0.3) is 0 Å². The lowest BCUT2D eigenvalue weighted by molar-refractivity contribution is 0.0950. The predicted molar refractivity (Wildman–Crippen MR) is 106 cm³/mol. The number of hydrogen-bond acceptors (Lipinski definition) is 7. The molecule has 1 aromatic carbocycles. The lowest BCUT2D eigenvalue weighted by Gasteiger charge is -2.15. The van der Waals surface area contributed by atoms with E-state index in [9.17, 15) is 4.79 Å². The molecule has 1 saturated heterocycles. The summed E-state index contributed by atoms with van der Waals surface area (Å²) in [7, 11) is 4.61. The minimum atomic E-state index is -0.316. The molecule has 0 spiro atoms. The molecule has 1 amide bonds. The van der Waals surface area contributed by atoms with Crippen molar-refractivity contribution >= 4 is 17.5 Å². The summed E-state index contributed by atoms with van der Waals surface area (Å²) in [6, 6.07) is 5.07. The fraction of sp³-hybridized carbons (Fsp3) is 0.400. The molecule has 1 aliphatic rings. The number of pyridine rings is 1. The zero-order valence-electron chi connectivity index (χ0n) is 16.5. The van der Waals surface area contributed by atoms with E-state index < -0.39 is 0 Å². The third kappa shape index (κ3) is 5.02. The predicted octanol–water partition coefficient (Wildman–Crippen LogP) is 2.86. The minimum absolute atomic E-state index is 0.0697. The number of ether oxygens (including phenoxy) is 5. The molecule has 0 bridgehead atoms. The smallest absolute Gasteiger partial charge is 0.253 e. The molecule has 0 radical (unpaired) electrons. The van der Waals surface area contributed by atoms with E-state index >= 15 is 0 Å². The number of carbonyl (C=O) groups excluding carboxylic acids is 1. The molecule has 1 unspecified atom stereocenters. The first-order valence-electron chi connectivity index (χ1n) is 9.02. The Bertz CT molecular complexity index is 845. The Balaban J connectivity index is 1.66. The number of carbonyl (C=O) groups is 1. The fourth-order valence-corrected chi connectivity index (χ4v) is 3.13. The lowest BCUT2D eigenvalue weighted by atomic mass is 10.1. The third-order valence-electron chi connectivity index (χ3n) is 4.41. The highest BCUT2D eigenvalue weighted by Gasteiger charge is 2.20. The molecule has 0 saturated carbocycles.